The molecular weight excluding hydrogens is 532 g/mol. The molecule has 2 aliphatic heterocycles. The SMILES string of the molecule is COC1(C=CC2=C(Sc3ccccc3)C(=CC=C3N(C)c4ccccc4C3(C)C)CC2)N(C)c2ccccc2C1(C)C. The van der Waals surface area contributed by atoms with E-state index >= 15 is 0 Å². The van der Waals surface area contributed by atoms with Crippen LogP contribution >= 0.6 is 11.8 Å². The van der Waals surface area contributed by atoms with Crippen LogP contribution in [-0.2, 0) is 15.6 Å². The number of ether oxygens (including phenoxy) is 1. The molecule has 3 aromatic rings. The van der Waals surface area contributed by atoms with Crippen LogP contribution in [0.2, 0.25) is 0 Å². The maximum Gasteiger partial charge on any atom is 0.169 e. The fraction of sp³-hybridized carbons (Fsp3) is 0.316. The number of hydrogen-bond acceptors (Lipinski definition) is 4. The van der Waals surface area contributed by atoms with E-state index in [9.17, 15) is 0 Å². The molecule has 1 aliphatic carbocycles. The number of anilines is 2. The first-order chi connectivity index (χ1) is 20.1. The highest BCUT2D eigenvalue weighted by Crippen LogP contribution is 2.53. The van der Waals surface area contributed by atoms with Crippen molar-refractivity contribution >= 4 is 23.1 Å². The van der Waals surface area contributed by atoms with Crippen molar-refractivity contribution < 1.29 is 4.74 Å². The average molecular weight is 575 g/mol. The van der Waals surface area contributed by atoms with E-state index in [4.69, 9.17) is 4.74 Å². The molecular formula is C38H42N2OS. The van der Waals surface area contributed by atoms with E-state index in [-0.39, 0.29) is 10.8 Å². The fourth-order valence-electron chi connectivity index (χ4n) is 7.32. The predicted molar refractivity (Wildman–Crippen MR) is 179 cm³/mol. The van der Waals surface area contributed by atoms with Gasteiger partial charge in [-0.25, -0.2) is 0 Å². The minimum atomic E-state index is -0.580. The van der Waals surface area contributed by atoms with Crippen molar-refractivity contribution in [2.24, 2.45) is 0 Å². The van der Waals surface area contributed by atoms with Gasteiger partial charge in [-0.15, -0.1) is 0 Å². The molecule has 2 heterocycles. The number of benzene rings is 3. The zero-order valence-corrected chi connectivity index (χ0v) is 26.8. The van der Waals surface area contributed by atoms with Gasteiger partial charge >= 0.3 is 0 Å². The molecule has 0 saturated carbocycles. The van der Waals surface area contributed by atoms with Gasteiger partial charge in [0.15, 0.2) is 5.72 Å². The normalized spacial score (nSPS) is 24.4. The quantitative estimate of drug-likeness (QED) is 0.291. The Morgan fingerprint density at radius 1 is 0.762 bits per heavy atom. The Morgan fingerprint density at radius 2 is 1.40 bits per heavy atom. The number of para-hydroxylation sites is 2. The van der Waals surface area contributed by atoms with Gasteiger partial charge in [0.05, 0.1) is 0 Å². The second-order valence-electron chi connectivity index (χ2n) is 12.6. The third kappa shape index (κ3) is 4.39. The molecule has 3 aliphatic rings. The van der Waals surface area contributed by atoms with E-state index in [0.29, 0.717) is 0 Å². The standard InChI is InChI=1S/C38H42N2OS/c1-36(2)30-17-11-13-19-32(30)39(5)34(36)24-23-27-21-22-28(35(27)42-29-15-9-8-10-16-29)25-26-38(41-7)37(3,4)31-18-12-14-20-33(31)40(38)6/h8-20,23-26H,21-22H2,1-7H3. The monoisotopic (exact) mass is 574 g/mol. The van der Waals surface area contributed by atoms with E-state index in [1.807, 2.05) is 18.9 Å². The first-order valence-corrected chi connectivity index (χ1v) is 15.7. The molecule has 3 nitrogen and oxygen atoms in total. The van der Waals surface area contributed by atoms with E-state index in [1.54, 1.807) is 0 Å². The number of thioether (sulfide) groups is 1. The van der Waals surface area contributed by atoms with Crippen LogP contribution in [0.4, 0.5) is 11.4 Å². The van der Waals surface area contributed by atoms with Crippen molar-refractivity contribution in [2.75, 3.05) is 31.0 Å². The minimum Gasteiger partial charge on any atom is -0.354 e. The summed E-state index contributed by atoms with van der Waals surface area (Å²) in [5.41, 5.74) is 8.47. The lowest BCUT2D eigenvalue weighted by Crippen LogP contribution is -2.54. The first-order valence-electron chi connectivity index (χ1n) is 14.9. The van der Waals surface area contributed by atoms with Crippen LogP contribution in [0, 0.1) is 0 Å². The minimum absolute atomic E-state index is 0.0430. The predicted octanol–water partition coefficient (Wildman–Crippen LogP) is 9.39. The summed E-state index contributed by atoms with van der Waals surface area (Å²) in [6, 6.07) is 28.2. The zero-order valence-electron chi connectivity index (χ0n) is 25.9. The van der Waals surface area contributed by atoms with E-state index < -0.39 is 5.72 Å². The highest BCUT2D eigenvalue weighted by atomic mass is 32.2. The summed E-state index contributed by atoms with van der Waals surface area (Å²) >= 11 is 1.88. The van der Waals surface area contributed by atoms with E-state index in [1.165, 1.54) is 49.1 Å². The van der Waals surface area contributed by atoms with Crippen molar-refractivity contribution in [3.8, 4) is 0 Å². The zero-order chi connectivity index (χ0) is 29.7. The molecule has 3 aromatic carbocycles. The Morgan fingerprint density at radius 3 is 2.07 bits per heavy atom. The molecule has 0 bridgehead atoms. The van der Waals surface area contributed by atoms with Crippen LogP contribution in [0.3, 0.4) is 0 Å². The van der Waals surface area contributed by atoms with Gasteiger partial charge in [-0.05, 0) is 71.5 Å². The number of allylic oxidation sites excluding steroid dienone is 6. The Balaban J connectivity index is 1.40. The highest BCUT2D eigenvalue weighted by molar-refractivity contribution is 8.03. The van der Waals surface area contributed by atoms with Gasteiger partial charge in [-0.3, -0.25) is 0 Å². The van der Waals surface area contributed by atoms with E-state index in [2.05, 4.69) is 155 Å². The Labute approximate surface area is 256 Å². The summed E-state index contributed by atoms with van der Waals surface area (Å²) in [7, 11) is 6.18. The van der Waals surface area contributed by atoms with Crippen LogP contribution in [0.25, 0.3) is 0 Å². The summed E-state index contributed by atoms with van der Waals surface area (Å²) in [5.74, 6) is 0. The molecule has 0 saturated heterocycles. The number of hydrogen-bond donors (Lipinski definition) is 0. The van der Waals surface area contributed by atoms with Crippen LogP contribution < -0.4 is 9.80 Å². The number of nitrogens with zero attached hydrogens (tertiary/aromatic N) is 2. The fourth-order valence-corrected chi connectivity index (χ4v) is 8.45. The summed E-state index contributed by atoms with van der Waals surface area (Å²) in [4.78, 5) is 7.27. The van der Waals surface area contributed by atoms with Crippen molar-refractivity contribution in [1.29, 1.82) is 0 Å². The van der Waals surface area contributed by atoms with Gasteiger partial charge in [0.25, 0.3) is 0 Å². The Kier molecular flexibility index (Phi) is 7.27. The molecule has 216 valence electrons. The first kappa shape index (κ1) is 28.6. The molecule has 0 radical (unpaired) electrons. The van der Waals surface area contributed by atoms with Crippen LogP contribution in [0.5, 0.6) is 0 Å². The largest absolute Gasteiger partial charge is 0.354 e. The summed E-state index contributed by atoms with van der Waals surface area (Å²) in [5, 5.41) is 0. The van der Waals surface area contributed by atoms with E-state index in [0.717, 1.165) is 12.8 Å². The maximum absolute atomic E-state index is 6.41. The third-order valence-corrected chi connectivity index (χ3v) is 11.0. The molecule has 6 rings (SSSR count). The van der Waals surface area contributed by atoms with Crippen molar-refractivity contribution in [3.05, 3.63) is 136 Å². The summed E-state index contributed by atoms with van der Waals surface area (Å²) in [6.07, 6.45) is 11.4. The number of methoxy groups -OCH3 is 1. The second kappa shape index (κ2) is 10.7. The maximum atomic E-state index is 6.41. The van der Waals surface area contributed by atoms with Crippen molar-refractivity contribution in [3.63, 3.8) is 0 Å². The lowest BCUT2D eigenvalue weighted by Gasteiger charge is -2.43. The van der Waals surface area contributed by atoms with Gasteiger partial charge in [0.1, 0.15) is 0 Å². The lowest BCUT2D eigenvalue weighted by atomic mass is 9.77. The molecule has 1 atom stereocenters. The average Bonchev–Trinajstić information content (AvgIpc) is 3.52. The van der Waals surface area contributed by atoms with Crippen LogP contribution in [-0.4, -0.2) is 26.9 Å². The smallest absolute Gasteiger partial charge is 0.169 e. The van der Waals surface area contributed by atoms with Crippen LogP contribution in [0.15, 0.2) is 130 Å². The highest BCUT2D eigenvalue weighted by Gasteiger charge is 2.54. The molecule has 0 N–H and O–H groups in total. The van der Waals surface area contributed by atoms with Gasteiger partial charge in [-0.1, -0.05) is 106 Å². The number of fused-ring (bicyclic) bond motifs is 2. The second-order valence-corrected chi connectivity index (χ2v) is 13.7. The summed E-state index contributed by atoms with van der Waals surface area (Å²) < 4.78 is 6.41. The summed E-state index contributed by atoms with van der Waals surface area (Å²) in [6.45, 7) is 9.25. The molecule has 0 fully saturated rings. The lowest BCUT2D eigenvalue weighted by molar-refractivity contribution is -0.0128. The van der Waals surface area contributed by atoms with Gasteiger partial charge in [-0.2, -0.15) is 0 Å². The van der Waals surface area contributed by atoms with Gasteiger partial charge < -0.3 is 14.5 Å². The Hall–Kier alpha value is -3.47. The third-order valence-electron chi connectivity index (χ3n) is 9.75. The van der Waals surface area contributed by atoms with Crippen molar-refractivity contribution in [1.82, 2.24) is 0 Å². The molecule has 4 heteroatoms. The molecule has 0 spiro atoms. The molecule has 42 heavy (non-hydrogen) atoms. The Bertz CT molecular complexity index is 1630. The number of rotatable bonds is 6. The topological polar surface area (TPSA) is 15.7 Å². The van der Waals surface area contributed by atoms with Crippen LogP contribution in [0.1, 0.15) is 51.7 Å². The van der Waals surface area contributed by atoms with Crippen molar-refractivity contribution in [2.45, 2.75) is 62.0 Å². The molecule has 0 aromatic heterocycles. The van der Waals surface area contributed by atoms with Gasteiger partial charge in [0.2, 0.25) is 0 Å². The number of likely N-dealkylation sites (N-methyl/N-ethyl adjacent to an activating group) is 2. The molecule has 0 amide bonds. The molecule has 1 unspecified atom stereocenters. The van der Waals surface area contributed by atoms with Gasteiger partial charge in [0, 0.05) is 58.9 Å².